The predicted molar refractivity (Wildman–Crippen MR) is 82.3 cm³/mol. The van der Waals surface area contributed by atoms with Gasteiger partial charge in [0.05, 0.1) is 31.3 Å². The fourth-order valence-electron chi connectivity index (χ4n) is 3.47. The lowest BCUT2D eigenvalue weighted by molar-refractivity contribution is -0.191. The third-order valence-corrected chi connectivity index (χ3v) is 4.44. The molecule has 2 fully saturated rings. The Balaban J connectivity index is 1.93. The van der Waals surface area contributed by atoms with Crippen molar-refractivity contribution in [3.05, 3.63) is 12.7 Å². The second-order valence-electron chi connectivity index (χ2n) is 6.43. The van der Waals surface area contributed by atoms with Crippen LogP contribution in [0.15, 0.2) is 12.7 Å². The van der Waals surface area contributed by atoms with E-state index in [1.165, 1.54) is 6.42 Å². The lowest BCUT2D eigenvalue weighted by Gasteiger charge is -2.33. The minimum absolute atomic E-state index is 0.0419. The molecule has 0 aromatic carbocycles. The van der Waals surface area contributed by atoms with Gasteiger partial charge in [0.2, 0.25) is 0 Å². The van der Waals surface area contributed by atoms with Crippen LogP contribution in [0.25, 0.3) is 0 Å². The van der Waals surface area contributed by atoms with E-state index >= 15 is 0 Å². The zero-order valence-corrected chi connectivity index (χ0v) is 13.5. The molecule has 1 saturated heterocycles. The normalized spacial score (nSPS) is 26.5. The summed E-state index contributed by atoms with van der Waals surface area (Å²) in [4.78, 5) is 11.7. The van der Waals surface area contributed by atoms with Crippen LogP contribution in [-0.4, -0.2) is 41.8 Å². The maximum atomic E-state index is 11.7. The molecule has 2 rings (SSSR count). The van der Waals surface area contributed by atoms with Gasteiger partial charge in [0.25, 0.3) is 0 Å². The van der Waals surface area contributed by atoms with Gasteiger partial charge in [0, 0.05) is 19.3 Å². The summed E-state index contributed by atoms with van der Waals surface area (Å²) in [6.07, 6.45) is 7.39. The van der Waals surface area contributed by atoms with Crippen molar-refractivity contribution in [3.63, 3.8) is 0 Å². The first-order valence-corrected chi connectivity index (χ1v) is 8.31. The standard InChI is InChI=1S/C17H28O5/c1-3-8-16(19,12-15(18)20-4-2)11-14-13-21-17(22-14)9-6-5-7-10-17/h3,14,19H,1,4-13H2,2H3/t14-,16?/m1/s1. The summed E-state index contributed by atoms with van der Waals surface area (Å²) >= 11 is 0. The highest BCUT2D eigenvalue weighted by Gasteiger charge is 2.45. The predicted octanol–water partition coefficient (Wildman–Crippen LogP) is 2.71. The first-order chi connectivity index (χ1) is 10.5. The summed E-state index contributed by atoms with van der Waals surface area (Å²) in [5.74, 6) is -0.847. The molecule has 0 radical (unpaired) electrons. The molecule has 0 amide bonds. The Kier molecular flexibility index (Phi) is 6.01. The van der Waals surface area contributed by atoms with Crippen LogP contribution >= 0.6 is 0 Å². The Morgan fingerprint density at radius 3 is 2.82 bits per heavy atom. The molecule has 1 spiro atoms. The van der Waals surface area contributed by atoms with Gasteiger partial charge in [-0.2, -0.15) is 0 Å². The van der Waals surface area contributed by atoms with Crippen molar-refractivity contribution in [2.24, 2.45) is 0 Å². The number of ether oxygens (including phenoxy) is 3. The van der Waals surface area contributed by atoms with Crippen LogP contribution in [0, 0.1) is 0 Å². The van der Waals surface area contributed by atoms with Crippen LogP contribution in [0.3, 0.4) is 0 Å². The van der Waals surface area contributed by atoms with Gasteiger partial charge in [-0.1, -0.05) is 12.5 Å². The van der Waals surface area contributed by atoms with Crippen LogP contribution in [0.1, 0.15) is 58.3 Å². The van der Waals surface area contributed by atoms with Crippen molar-refractivity contribution in [2.45, 2.75) is 75.8 Å². The van der Waals surface area contributed by atoms with E-state index in [4.69, 9.17) is 14.2 Å². The molecule has 1 aliphatic heterocycles. The molecule has 1 saturated carbocycles. The molecule has 2 aliphatic rings. The Hall–Kier alpha value is -0.910. The fraction of sp³-hybridized carbons (Fsp3) is 0.824. The van der Waals surface area contributed by atoms with Crippen molar-refractivity contribution >= 4 is 5.97 Å². The first-order valence-electron chi connectivity index (χ1n) is 8.31. The second-order valence-corrected chi connectivity index (χ2v) is 6.43. The summed E-state index contributed by atoms with van der Waals surface area (Å²) < 4.78 is 17.0. The van der Waals surface area contributed by atoms with E-state index in [2.05, 4.69) is 6.58 Å². The zero-order valence-electron chi connectivity index (χ0n) is 13.5. The highest BCUT2D eigenvalue weighted by Crippen LogP contribution is 2.40. The van der Waals surface area contributed by atoms with Gasteiger partial charge >= 0.3 is 5.97 Å². The topological polar surface area (TPSA) is 65.0 Å². The number of aliphatic hydroxyl groups is 1. The third-order valence-electron chi connectivity index (χ3n) is 4.44. The Labute approximate surface area is 132 Å². The quantitative estimate of drug-likeness (QED) is 0.578. The van der Waals surface area contributed by atoms with E-state index in [1.54, 1.807) is 13.0 Å². The Morgan fingerprint density at radius 1 is 1.45 bits per heavy atom. The average molecular weight is 312 g/mol. The van der Waals surface area contributed by atoms with E-state index in [0.717, 1.165) is 25.7 Å². The maximum Gasteiger partial charge on any atom is 0.308 e. The van der Waals surface area contributed by atoms with Crippen molar-refractivity contribution in [3.8, 4) is 0 Å². The molecular weight excluding hydrogens is 284 g/mol. The van der Waals surface area contributed by atoms with E-state index in [9.17, 15) is 9.90 Å². The summed E-state index contributed by atoms with van der Waals surface area (Å²) in [6, 6.07) is 0. The van der Waals surface area contributed by atoms with Gasteiger partial charge in [-0.25, -0.2) is 0 Å². The Bertz CT molecular complexity index is 389. The molecule has 5 heteroatoms. The van der Waals surface area contributed by atoms with Crippen LogP contribution in [0.4, 0.5) is 0 Å². The van der Waals surface area contributed by atoms with Crippen LogP contribution in [0.5, 0.6) is 0 Å². The van der Waals surface area contributed by atoms with Crippen molar-refractivity contribution in [1.29, 1.82) is 0 Å². The van der Waals surface area contributed by atoms with E-state index < -0.39 is 17.4 Å². The smallest absolute Gasteiger partial charge is 0.308 e. The zero-order chi connectivity index (χ0) is 16.1. The maximum absolute atomic E-state index is 11.7. The van der Waals surface area contributed by atoms with Gasteiger partial charge in [-0.15, -0.1) is 6.58 Å². The molecular formula is C17H28O5. The SMILES string of the molecule is C=CCC(O)(CC(=O)OCC)C[C@@H]1COC2(CCCCC2)O1. The van der Waals surface area contributed by atoms with Crippen LogP contribution in [-0.2, 0) is 19.0 Å². The van der Waals surface area contributed by atoms with Gasteiger partial charge in [-0.3, -0.25) is 4.79 Å². The van der Waals surface area contributed by atoms with E-state index in [1.807, 2.05) is 0 Å². The van der Waals surface area contributed by atoms with E-state index in [-0.39, 0.29) is 12.5 Å². The van der Waals surface area contributed by atoms with Crippen molar-refractivity contribution in [1.82, 2.24) is 0 Å². The van der Waals surface area contributed by atoms with Crippen molar-refractivity contribution < 1.29 is 24.1 Å². The lowest BCUT2D eigenvalue weighted by Crippen LogP contribution is -2.38. The largest absolute Gasteiger partial charge is 0.466 e. The molecule has 126 valence electrons. The number of hydrogen-bond donors (Lipinski definition) is 1. The number of carbonyl (C=O) groups is 1. The summed E-state index contributed by atoms with van der Waals surface area (Å²) in [5.41, 5.74) is -1.18. The summed E-state index contributed by atoms with van der Waals surface area (Å²) in [7, 11) is 0. The molecule has 0 aromatic heterocycles. The van der Waals surface area contributed by atoms with Crippen LogP contribution < -0.4 is 0 Å². The van der Waals surface area contributed by atoms with Gasteiger partial charge in [0.15, 0.2) is 5.79 Å². The third kappa shape index (κ3) is 4.54. The second kappa shape index (κ2) is 7.57. The van der Waals surface area contributed by atoms with Gasteiger partial charge in [0.1, 0.15) is 0 Å². The number of hydrogen-bond acceptors (Lipinski definition) is 5. The molecule has 1 aliphatic carbocycles. The molecule has 5 nitrogen and oxygen atoms in total. The fourth-order valence-corrected chi connectivity index (χ4v) is 3.47. The minimum atomic E-state index is -1.18. The van der Waals surface area contributed by atoms with E-state index in [0.29, 0.717) is 26.1 Å². The summed E-state index contributed by atoms with van der Waals surface area (Å²) in [5, 5.41) is 10.7. The highest BCUT2D eigenvalue weighted by molar-refractivity contribution is 5.70. The molecule has 1 N–H and O–H groups in total. The molecule has 1 heterocycles. The highest BCUT2D eigenvalue weighted by atomic mass is 16.7. The minimum Gasteiger partial charge on any atom is -0.466 e. The monoisotopic (exact) mass is 312 g/mol. The Morgan fingerprint density at radius 2 is 2.18 bits per heavy atom. The van der Waals surface area contributed by atoms with Crippen molar-refractivity contribution in [2.75, 3.05) is 13.2 Å². The van der Waals surface area contributed by atoms with Gasteiger partial charge < -0.3 is 19.3 Å². The molecule has 0 aromatic rings. The van der Waals surface area contributed by atoms with Gasteiger partial charge in [-0.05, 0) is 26.2 Å². The first kappa shape index (κ1) is 17.4. The lowest BCUT2D eigenvalue weighted by atomic mass is 9.89. The molecule has 22 heavy (non-hydrogen) atoms. The molecule has 2 atom stereocenters. The number of carbonyl (C=O) groups excluding carboxylic acids is 1. The molecule has 1 unspecified atom stereocenters. The average Bonchev–Trinajstić information content (AvgIpc) is 2.81. The molecule has 0 bridgehead atoms. The number of rotatable bonds is 7. The van der Waals surface area contributed by atoms with Crippen LogP contribution in [0.2, 0.25) is 0 Å². The number of esters is 1. The summed E-state index contributed by atoms with van der Waals surface area (Å²) in [6.45, 7) is 6.22.